The highest BCUT2D eigenvalue weighted by Gasteiger charge is 2.11. The van der Waals surface area contributed by atoms with Crippen LogP contribution in [0.2, 0.25) is 0 Å². The van der Waals surface area contributed by atoms with Crippen molar-refractivity contribution in [2.75, 3.05) is 5.73 Å². The summed E-state index contributed by atoms with van der Waals surface area (Å²) in [6, 6.07) is 10.2. The summed E-state index contributed by atoms with van der Waals surface area (Å²) < 4.78 is 0. The van der Waals surface area contributed by atoms with Crippen molar-refractivity contribution >= 4 is 16.7 Å². The molecule has 2 aromatic heterocycles. The molecule has 0 atom stereocenters. The highest BCUT2D eigenvalue weighted by molar-refractivity contribution is 5.82. The number of fused-ring (bicyclic) bond motifs is 1. The van der Waals surface area contributed by atoms with E-state index in [0.717, 1.165) is 36.0 Å². The van der Waals surface area contributed by atoms with Crippen LogP contribution in [-0.4, -0.2) is 15.0 Å². The third-order valence-corrected chi connectivity index (χ3v) is 3.67. The Labute approximate surface area is 124 Å². The number of nitrogen functional groups attached to an aromatic ring is 1. The van der Waals surface area contributed by atoms with E-state index in [1.165, 1.54) is 10.9 Å². The highest BCUT2D eigenvalue weighted by Crippen LogP contribution is 2.22. The van der Waals surface area contributed by atoms with Gasteiger partial charge in [-0.25, -0.2) is 9.97 Å². The van der Waals surface area contributed by atoms with Gasteiger partial charge in [-0.3, -0.25) is 4.98 Å². The maximum Gasteiger partial charge on any atom is 0.130 e. The lowest BCUT2D eigenvalue weighted by molar-refractivity contribution is 0.872. The second kappa shape index (κ2) is 5.87. The minimum absolute atomic E-state index is 0.597. The van der Waals surface area contributed by atoms with Crippen molar-refractivity contribution in [3.8, 4) is 0 Å². The van der Waals surface area contributed by atoms with Crippen molar-refractivity contribution in [2.24, 2.45) is 0 Å². The number of hydrogen-bond acceptors (Lipinski definition) is 4. The van der Waals surface area contributed by atoms with Gasteiger partial charge in [0.1, 0.15) is 12.1 Å². The summed E-state index contributed by atoms with van der Waals surface area (Å²) >= 11 is 0. The summed E-state index contributed by atoms with van der Waals surface area (Å²) in [5, 5.41) is 1.17. The van der Waals surface area contributed by atoms with Crippen molar-refractivity contribution in [1.29, 1.82) is 0 Å². The van der Waals surface area contributed by atoms with Gasteiger partial charge in [-0.15, -0.1) is 0 Å². The lowest BCUT2D eigenvalue weighted by atomic mass is 10.00. The molecular formula is C17H18N4. The lowest BCUT2D eigenvalue weighted by Crippen LogP contribution is -2.06. The van der Waals surface area contributed by atoms with Crippen LogP contribution in [0.1, 0.15) is 30.2 Å². The number of rotatable bonds is 4. The number of nitrogens with zero attached hydrogens (tertiary/aromatic N) is 3. The molecule has 0 saturated heterocycles. The molecule has 3 aromatic rings. The topological polar surface area (TPSA) is 64.7 Å². The summed E-state index contributed by atoms with van der Waals surface area (Å²) in [5.74, 6) is 0.597. The fourth-order valence-corrected chi connectivity index (χ4v) is 2.63. The van der Waals surface area contributed by atoms with Gasteiger partial charge in [0.05, 0.1) is 11.2 Å². The van der Waals surface area contributed by atoms with Crippen LogP contribution in [0.15, 0.2) is 42.9 Å². The van der Waals surface area contributed by atoms with E-state index in [1.807, 2.05) is 24.4 Å². The standard InChI is InChI=1S/C17H18N4/c1-2-5-14-16(20-11-21-17(14)18)10-12-8-9-19-15-7-4-3-6-13(12)15/h3-4,6-9,11H,2,5,10H2,1H3,(H2,18,20,21). The largest absolute Gasteiger partial charge is 0.383 e. The molecule has 4 nitrogen and oxygen atoms in total. The molecule has 21 heavy (non-hydrogen) atoms. The monoisotopic (exact) mass is 278 g/mol. The van der Waals surface area contributed by atoms with E-state index in [0.29, 0.717) is 5.82 Å². The Kier molecular flexibility index (Phi) is 3.77. The predicted molar refractivity (Wildman–Crippen MR) is 85.0 cm³/mol. The number of benzene rings is 1. The van der Waals surface area contributed by atoms with Crippen molar-refractivity contribution in [3.63, 3.8) is 0 Å². The number of anilines is 1. The molecule has 0 spiro atoms. The van der Waals surface area contributed by atoms with Gasteiger partial charge in [-0.1, -0.05) is 31.5 Å². The third kappa shape index (κ3) is 2.70. The first kappa shape index (κ1) is 13.5. The average Bonchev–Trinajstić information content (AvgIpc) is 2.51. The summed E-state index contributed by atoms with van der Waals surface area (Å²) in [4.78, 5) is 13.0. The first-order valence-electron chi connectivity index (χ1n) is 7.20. The Morgan fingerprint density at radius 1 is 1.05 bits per heavy atom. The third-order valence-electron chi connectivity index (χ3n) is 3.67. The number of hydrogen-bond donors (Lipinski definition) is 1. The fourth-order valence-electron chi connectivity index (χ4n) is 2.63. The van der Waals surface area contributed by atoms with Crippen LogP contribution in [0, 0.1) is 0 Å². The Morgan fingerprint density at radius 3 is 2.76 bits per heavy atom. The minimum Gasteiger partial charge on any atom is -0.383 e. The van der Waals surface area contributed by atoms with Crippen molar-refractivity contribution < 1.29 is 0 Å². The Balaban J connectivity index is 2.05. The van der Waals surface area contributed by atoms with E-state index < -0.39 is 0 Å². The first-order valence-corrected chi connectivity index (χ1v) is 7.20. The van der Waals surface area contributed by atoms with Crippen LogP contribution < -0.4 is 5.73 Å². The van der Waals surface area contributed by atoms with Crippen LogP contribution in [0.3, 0.4) is 0 Å². The quantitative estimate of drug-likeness (QED) is 0.796. The zero-order valence-corrected chi connectivity index (χ0v) is 12.1. The summed E-state index contributed by atoms with van der Waals surface area (Å²) in [6.07, 6.45) is 6.09. The van der Waals surface area contributed by atoms with Gasteiger partial charge in [0.15, 0.2) is 0 Å². The van der Waals surface area contributed by atoms with E-state index in [-0.39, 0.29) is 0 Å². The summed E-state index contributed by atoms with van der Waals surface area (Å²) in [7, 11) is 0. The maximum absolute atomic E-state index is 6.01. The lowest BCUT2D eigenvalue weighted by Gasteiger charge is -2.11. The van der Waals surface area contributed by atoms with E-state index in [2.05, 4.69) is 34.0 Å². The van der Waals surface area contributed by atoms with Gasteiger partial charge in [-0.2, -0.15) is 0 Å². The predicted octanol–water partition coefficient (Wildman–Crippen LogP) is 3.15. The van der Waals surface area contributed by atoms with Crippen molar-refractivity contribution in [3.05, 3.63) is 59.7 Å². The summed E-state index contributed by atoms with van der Waals surface area (Å²) in [6.45, 7) is 2.14. The van der Waals surface area contributed by atoms with Crippen molar-refractivity contribution in [2.45, 2.75) is 26.2 Å². The molecule has 0 amide bonds. The van der Waals surface area contributed by atoms with Gasteiger partial charge in [0, 0.05) is 23.6 Å². The Morgan fingerprint density at radius 2 is 1.90 bits per heavy atom. The molecule has 1 aromatic carbocycles. The van der Waals surface area contributed by atoms with E-state index in [4.69, 9.17) is 5.73 Å². The molecule has 0 unspecified atom stereocenters. The van der Waals surface area contributed by atoms with Gasteiger partial charge in [-0.05, 0) is 24.1 Å². The molecule has 2 N–H and O–H groups in total. The molecule has 0 radical (unpaired) electrons. The molecule has 0 fully saturated rings. The molecule has 0 aliphatic heterocycles. The maximum atomic E-state index is 6.01. The Hall–Kier alpha value is -2.49. The highest BCUT2D eigenvalue weighted by atomic mass is 14.9. The van der Waals surface area contributed by atoms with E-state index in [9.17, 15) is 0 Å². The second-order valence-electron chi connectivity index (χ2n) is 5.10. The molecule has 4 heteroatoms. The fraction of sp³-hybridized carbons (Fsp3) is 0.235. The molecule has 106 valence electrons. The molecule has 0 aliphatic carbocycles. The number of aromatic nitrogens is 3. The van der Waals surface area contributed by atoms with Gasteiger partial charge < -0.3 is 5.73 Å². The zero-order chi connectivity index (χ0) is 14.7. The van der Waals surface area contributed by atoms with Crippen LogP contribution in [0.5, 0.6) is 0 Å². The Bertz CT molecular complexity index is 762. The van der Waals surface area contributed by atoms with Crippen LogP contribution >= 0.6 is 0 Å². The second-order valence-corrected chi connectivity index (χ2v) is 5.10. The number of pyridine rings is 1. The average molecular weight is 278 g/mol. The SMILES string of the molecule is CCCc1c(N)ncnc1Cc1ccnc2ccccc12. The van der Waals surface area contributed by atoms with Crippen LogP contribution in [0.4, 0.5) is 5.82 Å². The molecule has 2 heterocycles. The zero-order valence-electron chi connectivity index (χ0n) is 12.1. The molecule has 0 saturated carbocycles. The first-order chi connectivity index (χ1) is 10.3. The molecule has 0 aliphatic rings. The van der Waals surface area contributed by atoms with Gasteiger partial charge in [0.25, 0.3) is 0 Å². The molecule has 3 rings (SSSR count). The number of para-hydroxylation sites is 1. The summed E-state index contributed by atoms with van der Waals surface area (Å²) in [5.41, 5.74) is 10.3. The smallest absolute Gasteiger partial charge is 0.130 e. The molecule has 0 bridgehead atoms. The van der Waals surface area contributed by atoms with E-state index >= 15 is 0 Å². The normalized spacial score (nSPS) is 10.9. The minimum atomic E-state index is 0.597. The van der Waals surface area contributed by atoms with E-state index in [1.54, 1.807) is 6.33 Å². The van der Waals surface area contributed by atoms with Gasteiger partial charge >= 0.3 is 0 Å². The van der Waals surface area contributed by atoms with Crippen LogP contribution in [0.25, 0.3) is 10.9 Å². The van der Waals surface area contributed by atoms with Gasteiger partial charge in [0.2, 0.25) is 0 Å². The van der Waals surface area contributed by atoms with Crippen LogP contribution in [-0.2, 0) is 12.8 Å². The number of nitrogens with two attached hydrogens (primary N) is 1. The van der Waals surface area contributed by atoms with Crippen molar-refractivity contribution in [1.82, 2.24) is 15.0 Å². The molecular weight excluding hydrogens is 260 g/mol.